The summed E-state index contributed by atoms with van der Waals surface area (Å²) in [4.78, 5) is 7.12. The largest absolute Gasteiger partial charge is 0.297 e. The second-order valence-corrected chi connectivity index (χ2v) is 6.54. The molecule has 1 aliphatic heterocycles. The number of rotatable bonds is 3. The van der Waals surface area contributed by atoms with Gasteiger partial charge in [-0.3, -0.25) is 15.0 Å². The van der Waals surface area contributed by atoms with E-state index in [0.717, 1.165) is 25.3 Å². The van der Waals surface area contributed by atoms with Crippen molar-refractivity contribution < 1.29 is 0 Å². The Balaban J connectivity index is 1.64. The van der Waals surface area contributed by atoms with Crippen molar-refractivity contribution in [1.29, 1.82) is 0 Å². The zero-order valence-corrected chi connectivity index (χ0v) is 13.2. The van der Waals surface area contributed by atoms with E-state index in [2.05, 4.69) is 59.1 Å². The van der Waals surface area contributed by atoms with Gasteiger partial charge in [0.15, 0.2) is 0 Å². The number of hydrogen-bond donors (Lipinski definition) is 1. The standard InChI is InChI=1S/C17H24N4/c1-13-11-18-20-16(13)17(3)7-9-21(10-8-17)12-15-6-4-5-14(2)19-15/h4-6,11H,7-10,12H2,1-3H3,(H,18,20). The van der Waals surface area contributed by atoms with Gasteiger partial charge >= 0.3 is 0 Å². The molecule has 112 valence electrons. The molecule has 1 N–H and O–H groups in total. The average Bonchev–Trinajstić information content (AvgIpc) is 2.89. The van der Waals surface area contributed by atoms with Crippen LogP contribution in [0.15, 0.2) is 24.4 Å². The van der Waals surface area contributed by atoms with Crippen LogP contribution >= 0.6 is 0 Å². The van der Waals surface area contributed by atoms with Gasteiger partial charge in [0, 0.05) is 23.3 Å². The van der Waals surface area contributed by atoms with E-state index in [1.54, 1.807) is 0 Å². The Morgan fingerprint density at radius 3 is 2.62 bits per heavy atom. The summed E-state index contributed by atoms with van der Waals surface area (Å²) in [6, 6.07) is 6.28. The number of piperidine rings is 1. The summed E-state index contributed by atoms with van der Waals surface area (Å²) in [5.41, 5.74) is 5.11. The highest BCUT2D eigenvalue weighted by Gasteiger charge is 2.34. The zero-order chi connectivity index (χ0) is 14.9. The van der Waals surface area contributed by atoms with Crippen LogP contribution in [-0.4, -0.2) is 33.2 Å². The summed E-state index contributed by atoms with van der Waals surface area (Å²) in [6.45, 7) is 9.75. The molecule has 4 heteroatoms. The molecule has 3 heterocycles. The second kappa shape index (κ2) is 5.60. The van der Waals surface area contributed by atoms with E-state index >= 15 is 0 Å². The molecule has 0 unspecified atom stereocenters. The molecule has 1 aliphatic rings. The van der Waals surface area contributed by atoms with Gasteiger partial charge in [-0.05, 0) is 57.5 Å². The van der Waals surface area contributed by atoms with Gasteiger partial charge in [0.05, 0.1) is 11.9 Å². The molecule has 21 heavy (non-hydrogen) atoms. The molecule has 4 nitrogen and oxygen atoms in total. The van der Waals surface area contributed by atoms with E-state index in [-0.39, 0.29) is 5.41 Å². The smallest absolute Gasteiger partial charge is 0.0547 e. The Kier molecular flexibility index (Phi) is 3.81. The number of aryl methyl sites for hydroxylation is 2. The second-order valence-electron chi connectivity index (χ2n) is 6.54. The number of hydrogen-bond acceptors (Lipinski definition) is 3. The third-order valence-corrected chi connectivity index (χ3v) is 4.72. The van der Waals surface area contributed by atoms with Crippen molar-refractivity contribution in [3.8, 4) is 0 Å². The maximum atomic E-state index is 4.61. The first-order chi connectivity index (χ1) is 10.1. The lowest BCUT2D eigenvalue weighted by atomic mass is 9.76. The van der Waals surface area contributed by atoms with Crippen LogP contribution in [0.25, 0.3) is 0 Å². The van der Waals surface area contributed by atoms with Crippen LogP contribution in [0.1, 0.15) is 42.4 Å². The van der Waals surface area contributed by atoms with Crippen molar-refractivity contribution in [3.63, 3.8) is 0 Å². The van der Waals surface area contributed by atoms with Gasteiger partial charge in [-0.2, -0.15) is 5.10 Å². The highest BCUT2D eigenvalue weighted by molar-refractivity contribution is 5.24. The van der Waals surface area contributed by atoms with Crippen LogP contribution in [-0.2, 0) is 12.0 Å². The molecule has 0 bridgehead atoms. The zero-order valence-electron chi connectivity index (χ0n) is 13.2. The summed E-state index contributed by atoms with van der Waals surface area (Å²) in [5, 5.41) is 7.40. The van der Waals surface area contributed by atoms with Crippen LogP contribution in [0.3, 0.4) is 0 Å². The van der Waals surface area contributed by atoms with Gasteiger partial charge in [0.2, 0.25) is 0 Å². The van der Waals surface area contributed by atoms with Gasteiger partial charge in [-0.25, -0.2) is 0 Å². The van der Waals surface area contributed by atoms with E-state index in [9.17, 15) is 0 Å². The topological polar surface area (TPSA) is 44.8 Å². The molecular formula is C17H24N4. The van der Waals surface area contributed by atoms with Gasteiger partial charge in [-0.1, -0.05) is 13.0 Å². The minimum absolute atomic E-state index is 0.233. The van der Waals surface area contributed by atoms with E-state index in [0.29, 0.717) is 0 Å². The third-order valence-electron chi connectivity index (χ3n) is 4.72. The molecule has 0 aromatic carbocycles. The van der Waals surface area contributed by atoms with Gasteiger partial charge in [0.1, 0.15) is 0 Å². The number of aromatic amines is 1. The van der Waals surface area contributed by atoms with E-state index < -0.39 is 0 Å². The fourth-order valence-electron chi connectivity index (χ4n) is 3.33. The first-order valence-corrected chi connectivity index (χ1v) is 7.72. The van der Waals surface area contributed by atoms with Crippen molar-refractivity contribution in [2.45, 2.75) is 45.6 Å². The predicted octanol–water partition coefficient (Wildman–Crippen LogP) is 2.98. The summed E-state index contributed by atoms with van der Waals surface area (Å²) in [7, 11) is 0. The lowest BCUT2D eigenvalue weighted by Crippen LogP contribution is -2.41. The maximum absolute atomic E-state index is 4.61. The minimum Gasteiger partial charge on any atom is -0.297 e. The Morgan fingerprint density at radius 2 is 2.00 bits per heavy atom. The van der Waals surface area contributed by atoms with Crippen LogP contribution in [0, 0.1) is 13.8 Å². The molecule has 1 saturated heterocycles. The molecule has 0 saturated carbocycles. The highest BCUT2D eigenvalue weighted by Crippen LogP contribution is 2.35. The first kappa shape index (κ1) is 14.3. The number of H-pyrrole nitrogens is 1. The van der Waals surface area contributed by atoms with Crippen molar-refractivity contribution in [1.82, 2.24) is 20.1 Å². The summed E-state index contributed by atoms with van der Waals surface area (Å²) in [6.07, 6.45) is 4.27. The lowest BCUT2D eigenvalue weighted by Gasteiger charge is -2.39. The molecule has 1 fully saturated rings. The number of nitrogens with zero attached hydrogens (tertiary/aromatic N) is 3. The predicted molar refractivity (Wildman–Crippen MR) is 84.2 cm³/mol. The first-order valence-electron chi connectivity index (χ1n) is 7.72. The summed E-state index contributed by atoms with van der Waals surface area (Å²) >= 11 is 0. The number of nitrogens with one attached hydrogen (secondary N) is 1. The van der Waals surface area contributed by atoms with Crippen molar-refractivity contribution in [2.75, 3.05) is 13.1 Å². The van der Waals surface area contributed by atoms with Crippen LogP contribution in [0.4, 0.5) is 0 Å². The molecule has 0 atom stereocenters. The van der Waals surface area contributed by atoms with Crippen LogP contribution in [0.5, 0.6) is 0 Å². The molecular weight excluding hydrogens is 260 g/mol. The summed E-state index contributed by atoms with van der Waals surface area (Å²) in [5.74, 6) is 0. The van der Waals surface area contributed by atoms with E-state index in [1.165, 1.54) is 29.8 Å². The van der Waals surface area contributed by atoms with Crippen molar-refractivity contribution >= 4 is 0 Å². The quantitative estimate of drug-likeness (QED) is 0.942. The normalized spacial score (nSPS) is 18.8. The SMILES string of the molecule is Cc1cccc(CN2CCC(C)(c3[nH]ncc3C)CC2)n1. The van der Waals surface area contributed by atoms with E-state index in [1.807, 2.05) is 6.20 Å². The van der Waals surface area contributed by atoms with Crippen LogP contribution < -0.4 is 0 Å². The Bertz CT molecular complexity index is 609. The molecule has 3 rings (SSSR count). The van der Waals surface area contributed by atoms with Gasteiger partial charge in [0.25, 0.3) is 0 Å². The lowest BCUT2D eigenvalue weighted by molar-refractivity contribution is 0.157. The minimum atomic E-state index is 0.233. The monoisotopic (exact) mass is 284 g/mol. The van der Waals surface area contributed by atoms with Crippen molar-refractivity contribution in [3.05, 3.63) is 47.0 Å². The van der Waals surface area contributed by atoms with Crippen LogP contribution in [0.2, 0.25) is 0 Å². The van der Waals surface area contributed by atoms with Gasteiger partial charge in [-0.15, -0.1) is 0 Å². The Hall–Kier alpha value is -1.68. The molecule has 0 aliphatic carbocycles. The molecule has 2 aromatic rings. The summed E-state index contributed by atoms with van der Waals surface area (Å²) < 4.78 is 0. The molecule has 0 radical (unpaired) electrons. The molecule has 2 aromatic heterocycles. The fourth-order valence-corrected chi connectivity index (χ4v) is 3.33. The maximum Gasteiger partial charge on any atom is 0.0547 e. The fraction of sp³-hybridized carbons (Fsp3) is 0.529. The highest BCUT2D eigenvalue weighted by atomic mass is 15.2. The number of pyridine rings is 1. The Morgan fingerprint density at radius 1 is 1.24 bits per heavy atom. The number of likely N-dealkylation sites (tertiary alicyclic amines) is 1. The molecule has 0 amide bonds. The number of aromatic nitrogens is 3. The average molecular weight is 284 g/mol. The Labute approximate surface area is 126 Å². The third kappa shape index (κ3) is 3.00. The van der Waals surface area contributed by atoms with Gasteiger partial charge < -0.3 is 0 Å². The molecule has 0 spiro atoms. The van der Waals surface area contributed by atoms with E-state index in [4.69, 9.17) is 0 Å². The van der Waals surface area contributed by atoms with Crippen molar-refractivity contribution in [2.24, 2.45) is 0 Å².